The molecule has 2 N–H and O–H groups in total. The Labute approximate surface area is 104 Å². The van der Waals surface area contributed by atoms with Crippen molar-refractivity contribution in [2.45, 2.75) is 29.3 Å². The monoisotopic (exact) mass is 243 g/mol. The molecular weight excluding hydrogens is 230 g/mol. The van der Waals surface area contributed by atoms with E-state index in [2.05, 4.69) is 22.1 Å². The molecule has 1 aliphatic carbocycles. The Kier molecular flexibility index (Phi) is 2.73. The average Bonchev–Trinajstić information content (AvgIpc) is 2.79. The van der Waals surface area contributed by atoms with Gasteiger partial charge in [-0.3, -0.25) is 0 Å². The largest absolute Gasteiger partial charge is 0.397 e. The molecule has 0 fully saturated rings. The molecule has 4 heteroatoms. The van der Waals surface area contributed by atoms with E-state index in [1.165, 1.54) is 35.9 Å². The summed E-state index contributed by atoms with van der Waals surface area (Å²) in [7, 11) is 0. The number of nitrogens with zero attached hydrogens (tertiary/aromatic N) is 2. The van der Waals surface area contributed by atoms with Gasteiger partial charge in [-0.2, -0.15) is 0 Å². The fraction of sp³-hybridized carbons (Fsp3) is 0.231. The number of anilines is 1. The minimum absolute atomic E-state index is 0.708. The third-order valence-electron chi connectivity index (χ3n) is 2.90. The van der Waals surface area contributed by atoms with E-state index in [1.54, 1.807) is 6.20 Å². The van der Waals surface area contributed by atoms with Gasteiger partial charge < -0.3 is 5.73 Å². The topological polar surface area (TPSA) is 51.8 Å². The van der Waals surface area contributed by atoms with Crippen LogP contribution in [0.2, 0.25) is 0 Å². The zero-order chi connectivity index (χ0) is 11.7. The fourth-order valence-corrected chi connectivity index (χ4v) is 2.83. The van der Waals surface area contributed by atoms with E-state index in [4.69, 9.17) is 5.73 Å². The number of fused-ring (bicyclic) bond motifs is 1. The summed E-state index contributed by atoms with van der Waals surface area (Å²) >= 11 is 1.53. The number of nitrogen functional groups attached to an aromatic ring is 1. The van der Waals surface area contributed by atoms with Crippen LogP contribution in [0.15, 0.2) is 40.5 Å². The van der Waals surface area contributed by atoms with Crippen LogP contribution in [0.5, 0.6) is 0 Å². The van der Waals surface area contributed by atoms with Gasteiger partial charge in [-0.25, -0.2) is 9.97 Å². The lowest BCUT2D eigenvalue weighted by molar-refractivity contribution is 0.891. The Balaban J connectivity index is 1.89. The third kappa shape index (κ3) is 2.13. The van der Waals surface area contributed by atoms with Crippen LogP contribution < -0.4 is 5.73 Å². The van der Waals surface area contributed by atoms with E-state index in [-0.39, 0.29) is 0 Å². The Bertz CT molecular complexity index is 554. The van der Waals surface area contributed by atoms with Crippen LogP contribution in [0.4, 0.5) is 5.69 Å². The normalized spacial score (nSPS) is 13.6. The van der Waals surface area contributed by atoms with Crippen LogP contribution in [0.25, 0.3) is 0 Å². The van der Waals surface area contributed by atoms with E-state index in [0.717, 1.165) is 16.5 Å². The number of hydrogen-bond acceptors (Lipinski definition) is 4. The molecule has 0 spiro atoms. The first-order chi connectivity index (χ1) is 8.33. The van der Waals surface area contributed by atoms with Crippen molar-refractivity contribution in [1.82, 2.24) is 9.97 Å². The number of pyridine rings is 2. The first kappa shape index (κ1) is 10.6. The first-order valence-electron chi connectivity index (χ1n) is 5.70. The number of aryl methyl sites for hydroxylation is 2. The van der Waals surface area contributed by atoms with Gasteiger partial charge in [0.2, 0.25) is 0 Å². The lowest BCUT2D eigenvalue weighted by Gasteiger charge is -2.05. The molecule has 0 atom stereocenters. The van der Waals surface area contributed by atoms with Crippen LogP contribution in [0.1, 0.15) is 17.7 Å². The summed E-state index contributed by atoms with van der Waals surface area (Å²) in [4.78, 5) is 8.92. The van der Waals surface area contributed by atoms with Crippen LogP contribution in [0, 0.1) is 0 Å². The molecule has 17 heavy (non-hydrogen) atoms. The minimum atomic E-state index is 0.708. The molecule has 2 aromatic rings. The molecule has 0 aromatic carbocycles. The van der Waals surface area contributed by atoms with E-state index in [0.29, 0.717) is 5.69 Å². The maximum absolute atomic E-state index is 5.87. The summed E-state index contributed by atoms with van der Waals surface area (Å²) in [6, 6.07) is 7.94. The second-order valence-electron chi connectivity index (χ2n) is 4.11. The second kappa shape index (κ2) is 4.37. The van der Waals surface area contributed by atoms with Crippen molar-refractivity contribution in [2.24, 2.45) is 0 Å². The fourth-order valence-electron chi connectivity index (χ4n) is 2.04. The molecule has 0 amide bonds. The molecule has 1 aliphatic rings. The SMILES string of the molecule is Nc1cccnc1Sc1ccc2c(n1)CCC2. The average molecular weight is 243 g/mol. The minimum Gasteiger partial charge on any atom is -0.397 e. The molecule has 0 unspecified atom stereocenters. The first-order valence-corrected chi connectivity index (χ1v) is 6.52. The van der Waals surface area contributed by atoms with Crippen molar-refractivity contribution in [3.05, 3.63) is 41.7 Å². The highest BCUT2D eigenvalue weighted by molar-refractivity contribution is 7.99. The molecule has 86 valence electrons. The quantitative estimate of drug-likeness (QED) is 0.881. The van der Waals surface area contributed by atoms with E-state index in [9.17, 15) is 0 Å². The maximum Gasteiger partial charge on any atom is 0.125 e. The lowest BCUT2D eigenvalue weighted by atomic mass is 10.2. The number of aromatic nitrogens is 2. The van der Waals surface area contributed by atoms with E-state index < -0.39 is 0 Å². The van der Waals surface area contributed by atoms with Crippen molar-refractivity contribution in [3.63, 3.8) is 0 Å². The second-order valence-corrected chi connectivity index (χ2v) is 5.12. The van der Waals surface area contributed by atoms with Gasteiger partial charge in [-0.1, -0.05) is 6.07 Å². The van der Waals surface area contributed by atoms with Crippen molar-refractivity contribution < 1.29 is 0 Å². The van der Waals surface area contributed by atoms with Gasteiger partial charge in [-0.15, -0.1) is 0 Å². The van der Waals surface area contributed by atoms with E-state index in [1.807, 2.05) is 12.1 Å². The summed E-state index contributed by atoms with van der Waals surface area (Å²) in [5, 5.41) is 1.81. The highest BCUT2D eigenvalue weighted by Crippen LogP contribution is 2.30. The van der Waals surface area contributed by atoms with Crippen molar-refractivity contribution in [1.29, 1.82) is 0 Å². The highest BCUT2D eigenvalue weighted by Gasteiger charge is 2.13. The molecule has 3 rings (SSSR count). The molecule has 0 radical (unpaired) electrons. The predicted octanol–water partition coefficient (Wildman–Crippen LogP) is 2.70. The van der Waals surface area contributed by atoms with E-state index >= 15 is 0 Å². The summed E-state index contributed by atoms with van der Waals surface area (Å²) in [5.41, 5.74) is 9.21. The molecule has 3 nitrogen and oxygen atoms in total. The molecule has 0 aliphatic heterocycles. The maximum atomic E-state index is 5.87. The Morgan fingerprint density at radius 1 is 1.18 bits per heavy atom. The molecule has 0 saturated heterocycles. The molecule has 0 bridgehead atoms. The zero-order valence-electron chi connectivity index (χ0n) is 9.39. The summed E-state index contributed by atoms with van der Waals surface area (Å²) in [6.07, 6.45) is 5.24. The van der Waals surface area contributed by atoms with Crippen LogP contribution in [-0.4, -0.2) is 9.97 Å². The van der Waals surface area contributed by atoms with Gasteiger partial charge in [0, 0.05) is 11.9 Å². The number of hydrogen-bond donors (Lipinski definition) is 1. The van der Waals surface area contributed by atoms with Gasteiger partial charge in [0.05, 0.1) is 5.69 Å². The van der Waals surface area contributed by atoms with Crippen molar-refractivity contribution in [3.8, 4) is 0 Å². The molecule has 2 aromatic heterocycles. The van der Waals surface area contributed by atoms with Crippen molar-refractivity contribution in [2.75, 3.05) is 5.73 Å². The Morgan fingerprint density at radius 2 is 2.12 bits per heavy atom. The standard InChI is InChI=1S/C13H13N3S/c14-10-4-2-8-15-13(10)17-12-7-6-9-3-1-5-11(9)16-12/h2,4,6-8H,1,3,5,14H2. The molecule has 0 saturated carbocycles. The van der Waals surface area contributed by atoms with Gasteiger partial charge in [0.1, 0.15) is 10.1 Å². The smallest absolute Gasteiger partial charge is 0.125 e. The van der Waals surface area contributed by atoms with Gasteiger partial charge >= 0.3 is 0 Å². The molecule has 2 heterocycles. The van der Waals surface area contributed by atoms with Crippen LogP contribution in [0.3, 0.4) is 0 Å². The summed E-state index contributed by atoms with van der Waals surface area (Å²) in [6.45, 7) is 0. The van der Waals surface area contributed by atoms with Crippen molar-refractivity contribution >= 4 is 17.4 Å². The molecular formula is C13H13N3S. The summed E-state index contributed by atoms with van der Waals surface area (Å²) < 4.78 is 0. The van der Waals surface area contributed by atoms with Gasteiger partial charge in [0.25, 0.3) is 0 Å². The predicted molar refractivity (Wildman–Crippen MR) is 69.0 cm³/mol. The number of nitrogens with two attached hydrogens (primary N) is 1. The highest BCUT2D eigenvalue weighted by atomic mass is 32.2. The summed E-state index contributed by atoms with van der Waals surface area (Å²) in [5.74, 6) is 0. The third-order valence-corrected chi connectivity index (χ3v) is 3.88. The zero-order valence-corrected chi connectivity index (χ0v) is 10.2. The van der Waals surface area contributed by atoms with Gasteiger partial charge in [-0.05, 0) is 54.8 Å². The van der Waals surface area contributed by atoms with Gasteiger partial charge in [0.15, 0.2) is 0 Å². The Hall–Kier alpha value is -1.55. The lowest BCUT2D eigenvalue weighted by Crippen LogP contribution is -1.93. The Morgan fingerprint density at radius 3 is 3.00 bits per heavy atom. The number of rotatable bonds is 2. The van der Waals surface area contributed by atoms with Crippen LogP contribution in [-0.2, 0) is 12.8 Å². The van der Waals surface area contributed by atoms with Crippen LogP contribution >= 0.6 is 11.8 Å².